The van der Waals surface area contributed by atoms with Gasteiger partial charge in [0.1, 0.15) is 5.82 Å². The van der Waals surface area contributed by atoms with Crippen LogP contribution in [0.5, 0.6) is 0 Å². The van der Waals surface area contributed by atoms with E-state index in [1.165, 1.54) is 11.8 Å². The zero-order valence-electron chi connectivity index (χ0n) is 11.6. The molecule has 0 aliphatic rings. The molecular weight excluding hydrogens is 282 g/mol. The zero-order valence-corrected chi connectivity index (χ0v) is 12.4. The number of nitrogens with zero attached hydrogens (tertiary/aromatic N) is 1. The van der Waals surface area contributed by atoms with Crippen molar-refractivity contribution in [2.45, 2.75) is 0 Å². The van der Waals surface area contributed by atoms with E-state index in [-0.39, 0.29) is 5.91 Å². The first-order valence-corrected chi connectivity index (χ1v) is 7.99. The minimum Gasteiger partial charge on any atom is -0.338 e. The van der Waals surface area contributed by atoms with Crippen LogP contribution in [0.1, 0.15) is 0 Å². The summed E-state index contributed by atoms with van der Waals surface area (Å²) in [5.74, 6) is 1.31. The number of imidazole rings is 1. The van der Waals surface area contributed by atoms with Gasteiger partial charge >= 0.3 is 0 Å². The number of hydrogen-bond donors (Lipinski definition) is 2. The molecule has 0 saturated heterocycles. The first kappa shape index (κ1) is 13.7. The maximum absolute atomic E-state index is 11.5. The molecule has 0 aliphatic heterocycles. The van der Waals surface area contributed by atoms with Gasteiger partial charge in [-0.3, -0.25) is 4.79 Å². The molecule has 21 heavy (non-hydrogen) atoms. The average molecular weight is 297 g/mol. The van der Waals surface area contributed by atoms with Crippen LogP contribution in [-0.2, 0) is 4.79 Å². The van der Waals surface area contributed by atoms with Gasteiger partial charge in [-0.05, 0) is 42.7 Å². The predicted octanol–water partition coefficient (Wildman–Crippen LogP) is 3.53. The molecule has 0 saturated carbocycles. The minimum absolute atomic E-state index is 0.0130. The Morgan fingerprint density at radius 2 is 1.95 bits per heavy atom. The topological polar surface area (TPSA) is 57.8 Å². The van der Waals surface area contributed by atoms with E-state index in [0.717, 1.165) is 28.1 Å². The van der Waals surface area contributed by atoms with Crippen LogP contribution in [0.3, 0.4) is 0 Å². The lowest BCUT2D eigenvalue weighted by molar-refractivity contribution is -0.113. The van der Waals surface area contributed by atoms with Crippen molar-refractivity contribution in [2.75, 3.05) is 17.3 Å². The molecule has 1 heterocycles. The van der Waals surface area contributed by atoms with Crippen LogP contribution in [0, 0.1) is 0 Å². The van der Waals surface area contributed by atoms with Crippen LogP contribution in [0.25, 0.3) is 22.4 Å². The molecule has 0 unspecified atom stereocenters. The number of aromatic amines is 1. The molecule has 2 N–H and O–H groups in total. The number of para-hydroxylation sites is 2. The van der Waals surface area contributed by atoms with E-state index in [9.17, 15) is 4.79 Å². The van der Waals surface area contributed by atoms with Crippen LogP contribution in [0.4, 0.5) is 5.69 Å². The standard InChI is InChI=1S/C16H15N3OS/c1-21-10-15(20)17-12-8-6-11(7-9-12)16-18-13-4-2-3-5-14(13)19-16/h2-9H,10H2,1H3,(H,17,20)(H,18,19). The van der Waals surface area contributed by atoms with E-state index in [1.54, 1.807) is 0 Å². The SMILES string of the molecule is CSCC(=O)Nc1ccc(-c2nc3ccccc3[nH]2)cc1. The summed E-state index contributed by atoms with van der Waals surface area (Å²) in [5.41, 5.74) is 3.76. The molecule has 0 spiro atoms. The van der Waals surface area contributed by atoms with Crippen LogP contribution in [-0.4, -0.2) is 27.9 Å². The molecule has 1 aromatic heterocycles. The number of thioether (sulfide) groups is 1. The van der Waals surface area contributed by atoms with Crippen molar-refractivity contribution in [2.24, 2.45) is 0 Å². The summed E-state index contributed by atoms with van der Waals surface area (Å²) in [6, 6.07) is 15.6. The molecule has 0 fully saturated rings. The molecule has 0 radical (unpaired) electrons. The van der Waals surface area contributed by atoms with E-state index in [4.69, 9.17) is 0 Å². The Hall–Kier alpha value is -2.27. The van der Waals surface area contributed by atoms with Gasteiger partial charge in [0.05, 0.1) is 16.8 Å². The van der Waals surface area contributed by atoms with E-state index < -0.39 is 0 Å². The van der Waals surface area contributed by atoms with Gasteiger partial charge < -0.3 is 10.3 Å². The molecule has 0 atom stereocenters. The number of nitrogens with one attached hydrogen (secondary N) is 2. The van der Waals surface area contributed by atoms with Gasteiger partial charge in [0, 0.05) is 11.3 Å². The number of carbonyl (C=O) groups is 1. The van der Waals surface area contributed by atoms with E-state index in [2.05, 4.69) is 15.3 Å². The van der Waals surface area contributed by atoms with Crippen molar-refractivity contribution in [1.82, 2.24) is 9.97 Å². The number of amides is 1. The predicted molar refractivity (Wildman–Crippen MR) is 88.5 cm³/mol. The summed E-state index contributed by atoms with van der Waals surface area (Å²) in [4.78, 5) is 19.4. The smallest absolute Gasteiger partial charge is 0.234 e. The monoisotopic (exact) mass is 297 g/mol. The van der Waals surface area contributed by atoms with Crippen molar-refractivity contribution in [3.63, 3.8) is 0 Å². The maximum atomic E-state index is 11.5. The molecule has 0 aliphatic carbocycles. The van der Waals surface area contributed by atoms with Crippen molar-refractivity contribution in [1.29, 1.82) is 0 Å². The Kier molecular flexibility index (Phi) is 3.92. The number of fused-ring (bicyclic) bond motifs is 1. The average Bonchev–Trinajstić information content (AvgIpc) is 2.92. The molecule has 4 nitrogen and oxygen atoms in total. The fraction of sp³-hybridized carbons (Fsp3) is 0.125. The van der Waals surface area contributed by atoms with Gasteiger partial charge in [-0.1, -0.05) is 12.1 Å². The highest BCUT2D eigenvalue weighted by molar-refractivity contribution is 7.99. The number of hydrogen-bond acceptors (Lipinski definition) is 3. The molecule has 5 heteroatoms. The van der Waals surface area contributed by atoms with Crippen LogP contribution in [0.2, 0.25) is 0 Å². The van der Waals surface area contributed by atoms with E-state index >= 15 is 0 Å². The highest BCUT2D eigenvalue weighted by atomic mass is 32.2. The Morgan fingerprint density at radius 1 is 1.19 bits per heavy atom. The third kappa shape index (κ3) is 3.08. The fourth-order valence-corrected chi connectivity index (χ4v) is 2.46. The first-order valence-electron chi connectivity index (χ1n) is 6.60. The zero-order chi connectivity index (χ0) is 14.7. The summed E-state index contributed by atoms with van der Waals surface area (Å²) >= 11 is 1.50. The lowest BCUT2D eigenvalue weighted by Crippen LogP contribution is -2.13. The quantitative estimate of drug-likeness (QED) is 0.774. The summed E-state index contributed by atoms with van der Waals surface area (Å²) in [5, 5.41) is 2.86. The van der Waals surface area contributed by atoms with Gasteiger partial charge in [-0.2, -0.15) is 11.8 Å². The van der Waals surface area contributed by atoms with Crippen LogP contribution < -0.4 is 5.32 Å². The van der Waals surface area contributed by atoms with Gasteiger partial charge in [0.2, 0.25) is 5.91 Å². The number of carbonyl (C=O) groups excluding carboxylic acids is 1. The third-order valence-electron chi connectivity index (χ3n) is 3.11. The van der Waals surface area contributed by atoms with Gasteiger partial charge in [-0.15, -0.1) is 0 Å². The Labute approximate surface area is 127 Å². The van der Waals surface area contributed by atoms with Crippen molar-refractivity contribution < 1.29 is 4.79 Å². The molecule has 0 bridgehead atoms. The number of aromatic nitrogens is 2. The Balaban J connectivity index is 1.81. The summed E-state index contributed by atoms with van der Waals surface area (Å²) in [6.45, 7) is 0. The number of H-pyrrole nitrogens is 1. The first-order chi connectivity index (χ1) is 10.3. The van der Waals surface area contributed by atoms with Crippen LogP contribution in [0.15, 0.2) is 48.5 Å². The molecule has 3 aromatic rings. The van der Waals surface area contributed by atoms with Crippen LogP contribution >= 0.6 is 11.8 Å². The van der Waals surface area contributed by atoms with Crippen molar-refractivity contribution in [3.05, 3.63) is 48.5 Å². The van der Waals surface area contributed by atoms with E-state index in [1.807, 2.05) is 54.8 Å². The normalized spacial score (nSPS) is 10.7. The van der Waals surface area contributed by atoms with Crippen molar-refractivity contribution in [3.8, 4) is 11.4 Å². The number of rotatable bonds is 4. The maximum Gasteiger partial charge on any atom is 0.234 e. The Bertz CT molecular complexity index is 732. The largest absolute Gasteiger partial charge is 0.338 e. The number of anilines is 1. The van der Waals surface area contributed by atoms with Gasteiger partial charge in [0.15, 0.2) is 0 Å². The molecule has 2 aromatic carbocycles. The second-order valence-electron chi connectivity index (χ2n) is 4.66. The van der Waals surface area contributed by atoms with Gasteiger partial charge in [-0.25, -0.2) is 4.98 Å². The van der Waals surface area contributed by atoms with Gasteiger partial charge in [0.25, 0.3) is 0 Å². The molecule has 1 amide bonds. The third-order valence-corrected chi connectivity index (χ3v) is 3.66. The fourth-order valence-electron chi connectivity index (χ4n) is 2.13. The highest BCUT2D eigenvalue weighted by Crippen LogP contribution is 2.22. The second-order valence-corrected chi connectivity index (χ2v) is 5.53. The summed E-state index contributed by atoms with van der Waals surface area (Å²) in [6.07, 6.45) is 1.91. The Morgan fingerprint density at radius 3 is 2.67 bits per heavy atom. The second kappa shape index (κ2) is 6.01. The molecular formula is C16H15N3OS. The molecule has 106 valence electrons. The lowest BCUT2D eigenvalue weighted by Gasteiger charge is -2.04. The summed E-state index contributed by atoms with van der Waals surface area (Å²) in [7, 11) is 0. The minimum atomic E-state index is 0.0130. The highest BCUT2D eigenvalue weighted by Gasteiger charge is 2.05. The summed E-state index contributed by atoms with van der Waals surface area (Å²) < 4.78 is 0. The lowest BCUT2D eigenvalue weighted by atomic mass is 10.2. The van der Waals surface area contributed by atoms with E-state index in [0.29, 0.717) is 5.75 Å². The molecule has 3 rings (SSSR count). The number of benzene rings is 2. The van der Waals surface area contributed by atoms with Crippen molar-refractivity contribution >= 4 is 34.4 Å².